The fourth-order valence-electron chi connectivity index (χ4n) is 2.23. The average molecular weight is 423 g/mol. The van der Waals surface area contributed by atoms with Gasteiger partial charge in [-0.05, 0) is 40.2 Å². The minimum absolute atomic E-state index is 0.0199. The van der Waals surface area contributed by atoms with Crippen molar-refractivity contribution in [3.05, 3.63) is 35.9 Å². The van der Waals surface area contributed by atoms with Crippen molar-refractivity contribution in [1.82, 2.24) is 15.8 Å². The number of alkyl carbamates (subject to hydrolysis) is 1. The Labute approximate surface area is 175 Å². The summed E-state index contributed by atoms with van der Waals surface area (Å²) in [6.45, 7) is 7.72. The SMILES string of the molecule is COC(=O)[C@H](C)N(NC(=O)OC(C)(C)C)C(=O)[C@H](C)NC(=O)OCc1ccccc1. The first kappa shape index (κ1) is 24.7. The molecule has 0 saturated heterocycles. The third-order valence-electron chi connectivity index (χ3n) is 3.70. The second kappa shape index (κ2) is 11.0. The molecule has 166 valence electrons. The van der Waals surface area contributed by atoms with E-state index in [9.17, 15) is 19.2 Å². The van der Waals surface area contributed by atoms with Crippen LogP contribution in [-0.2, 0) is 30.4 Å². The predicted molar refractivity (Wildman–Crippen MR) is 107 cm³/mol. The molecule has 0 spiro atoms. The van der Waals surface area contributed by atoms with Gasteiger partial charge in [-0.15, -0.1) is 0 Å². The molecule has 0 aliphatic heterocycles. The standard InChI is InChI=1S/C20H29N3O7/c1-13(21-18(26)29-12-15-10-8-7-9-11-15)16(24)23(14(2)17(25)28-6)22-19(27)30-20(3,4)5/h7-11,13-14H,12H2,1-6H3,(H,21,26)(H,22,27)/t13-,14-/m0/s1. The molecule has 3 amide bonds. The molecule has 0 aliphatic rings. The first-order valence-electron chi connectivity index (χ1n) is 9.32. The summed E-state index contributed by atoms with van der Waals surface area (Å²) in [5, 5.41) is 3.12. The maximum absolute atomic E-state index is 12.8. The maximum Gasteiger partial charge on any atom is 0.426 e. The van der Waals surface area contributed by atoms with Gasteiger partial charge in [-0.25, -0.2) is 24.8 Å². The van der Waals surface area contributed by atoms with Crippen molar-refractivity contribution < 1.29 is 33.4 Å². The van der Waals surface area contributed by atoms with Gasteiger partial charge in [0.15, 0.2) is 0 Å². The van der Waals surface area contributed by atoms with E-state index in [2.05, 4.69) is 15.5 Å². The lowest BCUT2D eigenvalue weighted by Gasteiger charge is -2.31. The number of hydrogen-bond acceptors (Lipinski definition) is 7. The molecule has 0 aromatic heterocycles. The van der Waals surface area contributed by atoms with E-state index in [1.807, 2.05) is 6.07 Å². The second-order valence-corrected chi connectivity index (χ2v) is 7.45. The van der Waals surface area contributed by atoms with Crippen LogP contribution in [0.2, 0.25) is 0 Å². The Morgan fingerprint density at radius 2 is 1.63 bits per heavy atom. The van der Waals surface area contributed by atoms with E-state index in [4.69, 9.17) is 9.47 Å². The number of carbonyl (C=O) groups excluding carboxylic acids is 4. The van der Waals surface area contributed by atoms with Crippen LogP contribution in [0.4, 0.5) is 9.59 Å². The lowest BCUT2D eigenvalue weighted by Crippen LogP contribution is -2.59. The summed E-state index contributed by atoms with van der Waals surface area (Å²) in [6, 6.07) is 6.72. The number of benzene rings is 1. The van der Waals surface area contributed by atoms with Gasteiger partial charge in [-0.2, -0.15) is 0 Å². The van der Waals surface area contributed by atoms with Crippen molar-refractivity contribution in [3.63, 3.8) is 0 Å². The molecule has 0 unspecified atom stereocenters. The third-order valence-corrected chi connectivity index (χ3v) is 3.70. The number of nitrogens with zero attached hydrogens (tertiary/aromatic N) is 1. The van der Waals surface area contributed by atoms with Crippen molar-refractivity contribution in [1.29, 1.82) is 0 Å². The highest BCUT2D eigenvalue weighted by Crippen LogP contribution is 2.09. The van der Waals surface area contributed by atoms with Crippen molar-refractivity contribution in [2.75, 3.05) is 7.11 Å². The summed E-state index contributed by atoms with van der Waals surface area (Å²) in [5.74, 6) is -1.53. The fraction of sp³-hybridized carbons (Fsp3) is 0.500. The van der Waals surface area contributed by atoms with Crippen LogP contribution in [0.5, 0.6) is 0 Å². The van der Waals surface area contributed by atoms with E-state index in [1.165, 1.54) is 13.8 Å². The molecule has 1 aromatic carbocycles. The molecule has 10 nitrogen and oxygen atoms in total. The van der Waals surface area contributed by atoms with Gasteiger partial charge in [-0.1, -0.05) is 30.3 Å². The topological polar surface area (TPSA) is 123 Å². The van der Waals surface area contributed by atoms with E-state index in [-0.39, 0.29) is 6.61 Å². The number of amides is 3. The van der Waals surface area contributed by atoms with Crippen LogP contribution in [0.3, 0.4) is 0 Å². The Kier molecular flexibility index (Phi) is 9.10. The van der Waals surface area contributed by atoms with Gasteiger partial charge < -0.3 is 19.5 Å². The highest BCUT2D eigenvalue weighted by Gasteiger charge is 2.33. The summed E-state index contributed by atoms with van der Waals surface area (Å²) in [5.41, 5.74) is 2.19. The van der Waals surface area contributed by atoms with Crippen LogP contribution in [0, 0.1) is 0 Å². The van der Waals surface area contributed by atoms with Gasteiger partial charge in [0.2, 0.25) is 0 Å². The molecule has 30 heavy (non-hydrogen) atoms. The number of esters is 1. The summed E-state index contributed by atoms with van der Waals surface area (Å²) in [4.78, 5) is 48.8. The van der Waals surface area contributed by atoms with Gasteiger partial charge in [0, 0.05) is 0 Å². The number of hydrogen-bond donors (Lipinski definition) is 2. The smallest absolute Gasteiger partial charge is 0.426 e. The number of rotatable bonds is 6. The van der Waals surface area contributed by atoms with Crippen LogP contribution in [0.15, 0.2) is 30.3 Å². The van der Waals surface area contributed by atoms with Crippen LogP contribution in [-0.4, -0.2) is 53.9 Å². The highest BCUT2D eigenvalue weighted by molar-refractivity contribution is 5.90. The molecule has 0 radical (unpaired) electrons. The summed E-state index contributed by atoms with van der Waals surface area (Å²) >= 11 is 0. The molecule has 0 saturated carbocycles. The molecular formula is C20H29N3O7. The maximum atomic E-state index is 12.8. The number of carbonyl (C=O) groups is 4. The molecule has 1 aromatic rings. The molecule has 1 rings (SSSR count). The Hall–Kier alpha value is -3.30. The van der Waals surface area contributed by atoms with Gasteiger partial charge in [-0.3, -0.25) is 4.79 Å². The minimum Gasteiger partial charge on any atom is -0.467 e. The normalized spacial score (nSPS) is 12.7. The fourth-order valence-corrected chi connectivity index (χ4v) is 2.23. The lowest BCUT2D eigenvalue weighted by molar-refractivity contribution is -0.155. The van der Waals surface area contributed by atoms with Gasteiger partial charge in [0.1, 0.15) is 24.3 Å². The molecule has 0 heterocycles. The van der Waals surface area contributed by atoms with Crippen LogP contribution in [0.1, 0.15) is 40.2 Å². The number of methoxy groups -OCH3 is 1. The quantitative estimate of drug-likeness (QED) is 0.408. The largest absolute Gasteiger partial charge is 0.467 e. The summed E-state index contributed by atoms with van der Waals surface area (Å²) in [6.07, 6.45) is -1.77. The first-order valence-corrected chi connectivity index (χ1v) is 9.32. The van der Waals surface area contributed by atoms with Crippen LogP contribution < -0.4 is 10.7 Å². The minimum atomic E-state index is -1.17. The molecule has 0 aliphatic carbocycles. The molecule has 2 atom stereocenters. The molecule has 0 fully saturated rings. The second-order valence-electron chi connectivity index (χ2n) is 7.45. The number of ether oxygens (including phenoxy) is 3. The monoisotopic (exact) mass is 423 g/mol. The molecular weight excluding hydrogens is 394 g/mol. The Morgan fingerprint density at radius 3 is 2.17 bits per heavy atom. The van der Waals surface area contributed by atoms with Crippen molar-refractivity contribution >= 4 is 24.1 Å². The van der Waals surface area contributed by atoms with Gasteiger partial charge in [0.05, 0.1) is 7.11 Å². The molecule has 10 heteroatoms. The zero-order chi connectivity index (χ0) is 22.9. The molecule has 0 bridgehead atoms. The summed E-state index contributed by atoms with van der Waals surface area (Å²) in [7, 11) is 1.15. The first-order chi connectivity index (χ1) is 13.9. The van der Waals surface area contributed by atoms with Crippen molar-refractivity contribution in [2.45, 2.75) is 58.9 Å². The zero-order valence-corrected chi connectivity index (χ0v) is 18.1. The van der Waals surface area contributed by atoms with E-state index < -0.39 is 41.7 Å². The number of nitrogens with one attached hydrogen (secondary N) is 2. The zero-order valence-electron chi connectivity index (χ0n) is 18.1. The Bertz CT molecular complexity index is 747. The average Bonchev–Trinajstić information content (AvgIpc) is 2.68. The highest BCUT2D eigenvalue weighted by atomic mass is 16.6. The van der Waals surface area contributed by atoms with Gasteiger partial charge in [0.25, 0.3) is 5.91 Å². The molecule has 2 N–H and O–H groups in total. The Balaban J connectivity index is 2.79. The Morgan fingerprint density at radius 1 is 1.03 bits per heavy atom. The van der Waals surface area contributed by atoms with E-state index >= 15 is 0 Å². The number of hydrazine groups is 1. The van der Waals surface area contributed by atoms with Gasteiger partial charge >= 0.3 is 18.2 Å². The van der Waals surface area contributed by atoms with E-state index in [0.29, 0.717) is 0 Å². The lowest BCUT2D eigenvalue weighted by atomic mass is 10.2. The van der Waals surface area contributed by atoms with E-state index in [1.54, 1.807) is 45.0 Å². The predicted octanol–water partition coefficient (Wildman–Crippen LogP) is 2.13. The summed E-state index contributed by atoms with van der Waals surface area (Å²) < 4.78 is 14.8. The van der Waals surface area contributed by atoms with E-state index in [0.717, 1.165) is 17.7 Å². The van der Waals surface area contributed by atoms with Crippen molar-refractivity contribution in [3.8, 4) is 0 Å². The van der Waals surface area contributed by atoms with Crippen LogP contribution >= 0.6 is 0 Å². The van der Waals surface area contributed by atoms with Crippen molar-refractivity contribution in [2.24, 2.45) is 0 Å². The van der Waals surface area contributed by atoms with Crippen LogP contribution in [0.25, 0.3) is 0 Å². The third kappa shape index (κ3) is 8.38.